The van der Waals surface area contributed by atoms with Crippen molar-refractivity contribution in [1.29, 1.82) is 0 Å². The number of nitrogens with one attached hydrogen (secondary N) is 2. The van der Waals surface area contributed by atoms with E-state index in [0.717, 1.165) is 11.3 Å². The lowest BCUT2D eigenvalue weighted by atomic mass is 10.2. The molecular weight excluding hydrogens is 318 g/mol. The van der Waals surface area contributed by atoms with Gasteiger partial charge in [0, 0.05) is 28.5 Å². The van der Waals surface area contributed by atoms with Crippen LogP contribution in [-0.4, -0.2) is 16.9 Å². The van der Waals surface area contributed by atoms with Crippen molar-refractivity contribution in [3.8, 4) is 0 Å². The minimum atomic E-state index is -0.534. The average molecular weight is 334 g/mol. The minimum absolute atomic E-state index is 0.0753. The predicted molar refractivity (Wildman–Crippen MR) is 91.0 cm³/mol. The van der Waals surface area contributed by atoms with Crippen LogP contribution in [-0.2, 0) is 4.79 Å². The zero-order valence-electron chi connectivity index (χ0n) is 12.7. The number of nitro benzene ring substituents is 1. The standard InChI is InChI=1S/C16H16ClN3O3/c1-10-6-7-13(9-15(10)17)18-11(2)16(21)19-12-4-3-5-14(8-12)20(22)23/h3-9,11,18H,1-2H3,(H,19,21). The molecule has 1 amide bonds. The van der Waals surface area contributed by atoms with Gasteiger partial charge in [-0.3, -0.25) is 14.9 Å². The van der Waals surface area contributed by atoms with Gasteiger partial charge in [-0.05, 0) is 37.6 Å². The predicted octanol–water partition coefficient (Wildman–Crippen LogP) is 4.00. The Labute approximate surface area is 138 Å². The van der Waals surface area contributed by atoms with Crippen LogP contribution < -0.4 is 10.6 Å². The molecule has 120 valence electrons. The molecule has 0 bridgehead atoms. The van der Waals surface area contributed by atoms with Gasteiger partial charge in [-0.15, -0.1) is 0 Å². The van der Waals surface area contributed by atoms with Crippen molar-refractivity contribution in [2.75, 3.05) is 10.6 Å². The lowest BCUT2D eigenvalue weighted by molar-refractivity contribution is -0.384. The fourth-order valence-electron chi connectivity index (χ4n) is 1.95. The Bertz CT molecular complexity index is 749. The summed E-state index contributed by atoms with van der Waals surface area (Å²) < 4.78 is 0. The Morgan fingerprint density at radius 2 is 1.96 bits per heavy atom. The number of carbonyl (C=O) groups excluding carboxylic acids is 1. The Morgan fingerprint density at radius 1 is 1.22 bits per heavy atom. The molecule has 7 heteroatoms. The highest BCUT2D eigenvalue weighted by atomic mass is 35.5. The summed E-state index contributed by atoms with van der Waals surface area (Å²) in [5.74, 6) is -0.304. The van der Waals surface area contributed by atoms with Gasteiger partial charge in [0.15, 0.2) is 0 Å². The fraction of sp³-hybridized carbons (Fsp3) is 0.188. The number of nitrogens with zero attached hydrogens (tertiary/aromatic N) is 1. The topological polar surface area (TPSA) is 84.3 Å². The van der Waals surface area contributed by atoms with Crippen LogP contribution in [0.3, 0.4) is 0 Å². The van der Waals surface area contributed by atoms with E-state index in [4.69, 9.17) is 11.6 Å². The Kier molecular flexibility index (Phi) is 5.18. The summed E-state index contributed by atoms with van der Waals surface area (Å²) in [6.45, 7) is 3.59. The van der Waals surface area contributed by atoms with E-state index < -0.39 is 11.0 Å². The SMILES string of the molecule is Cc1ccc(NC(C)C(=O)Nc2cccc([N+](=O)[O-])c2)cc1Cl. The van der Waals surface area contributed by atoms with Gasteiger partial charge in [0.05, 0.1) is 4.92 Å². The minimum Gasteiger partial charge on any atom is -0.374 e. The van der Waals surface area contributed by atoms with Crippen LogP contribution in [0.1, 0.15) is 12.5 Å². The summed E-state index contributed by atoms with van der Waals surface area (Å²) in [5.41, 5.74) is 1.97. The second-order valence-corrected chi connectivity index (χ2v) is 5.53. The van der Waals surface area contributed by atoms with Crippen LogP contribution >= 0.6 is 11.6 Å². The van der Waals surface area contributed by atoms with E-state index in [1.165, 1.54) is 18.2 Å². The number of rotatable bonds is 5. The van der Waals surface area contributed by atoms with Gasteiger partial charge < -0.3 is 10.6 Å². The first kappa shape index (κ1) is 16.8. The van der Waals surface area contributed by atoms with Crippen molar-refractivity contribution < 1.29 is 9.72 Å². The number of hydrogen-bond acceptors (Lipinski definition) is 4. The summed E-state index contributed by atoms with van der Waals surface area (Å²) >= 11 is 6.05. The van der Waals surface area contributed by atoms with Gasteiger partial charge >= 0.3 is 0 Å². The molecule has 2 N–H and O–H groups in total. The van der Waals surface area contributed by atoms with Crippen molar-refractivity contribution in [2.24, 2.45) is 0 Å². The quantitative estimate of drug-likeness (QED) is 0.640. The number of anilines is 2. The van der Waals surface area contributed by atoms with Gasteiger partial charge in [-0.2, -0.15) is 0 Å². The molecule has 2 rings (SSSR count). The number of amides is 1. The summed E-state index contributed by atoms with van der Waals surface area (Å²) in [6, 6.07) is 10.7. The van der Waals surface area contributed by atoms with E-state index in [-0.39, 0.29) is 11.6 Å². The molecule has 1 unspecified atom stereocenters. The number of benzene rings is 2. The number of non-ortho nitro benzene ring substituents is 1. The molecule has 2 aromatic rings. The van der Waals surface area contributed by atoms with Gasteiger partial charge in [0.2, 0.25) is 5.91 Å². The Balaban J connectivity index is 2.03. The number of halogens is 1. The molecule has 0 aromatic heterocycles. The van der Waals surface area contributed by atoms with E-state index in [2.05, 4.69) is 10.6 Å². The van der Waals surface area contributed by atoms with Crippen LogP contribution in [0, 0.1) is 17.0 Å². The third-order valence-electron chi connectivity index (χ3n) is 3.27. The smallest absolute Gasteiger partial charge is 0.271 e. The fourth-order valence-corrected chi connectivity index (χ4v) is 2.13. The van der Waals surface area contributed by atoms with Crippen molar-refractivity contribution in [1.82, 2.24) is 0 Å². The zero-order valence-corrected chi connectivity index (χ0v) is 13.4. The summed E-state index contributed by atoms with van der Waals surface area (Å²) in [4.78, 5) is 22.4. The van der Waals surface area contributed by atoms with Crippen LogP contribution in [0.25, 0.3) is 0 Å². The van der Waals surface area contributed by atoms with Gasteiger partial charge in [0.25, 0.3) is 5.69 Å². The number of nitro groups is 1. The van der Waals surface area contributed by atoms with E-state index >= 15 is 0 Å². The Morgan fingerprint density at radius 3 is 2.61 bits per heavy atom. The molecule has 0 saturated heterocycles. The van der Waals surface area contributed by atoms with Gasteiger partial charge in [0.1, 0.15) is 6.04 Å². The normalized spacial score (nSPS) is 11.6. The van der Waals surface area contributed by atoms with Crippen molar-refractivity contribution in [3.05, 3.63) is 63.2 Å². The summed E-state index contributed by atoms with van der Waals surface area (Å²) in [6.07, 6.45) is 0. The third kappa shape index (κ3) is 4.43. The molecule has 0 saturated carbocycles. The molecule has 0 radical (unpaired) electrons. The molecular formula is C16H16ClN3O3. The van der Waals surface area contributed by atoms with Crippen LogP contribution in [0.15, 0.2) is 42.5 Å². The first-order valence-electron chi connectivity index (χ1n) is 6.95. The van der Waals surface area contributed by atoms with E-state index in [1.807, 2.05) is 19.1 Å². The zero-order chi connectivity index (χ0) is 17.0. The summed E-state index contributed by atoms with van der Waals surface area (Å²) in [5, 5.41) is 17.0. The first-order chi connectivity index (χ1) is 10.9. The maximum absolute atomic E-state index is 12.2. The van der Waals surface area contributed by atoms with Crippen LogP contribution in [0.2, 0.25) is 5.02 Å². The van der Waals surface area contributed by atoms with E-state index in [9.17, 15) is 14.9 Å². The molecule has 23 heavy (non-hydrogen) atoms. The molecule has 0 aliphatic heterocycles. The molecule has 1 atom stereocenters. The van der Waals surface area contributed by atoms with Gasteiger partial charge in [-0.25, -0.2) is 0 Å². The van der Waals surface area contributed by atoms with Crippen molar-refractivity contribution in [3.63, 3.8) is 0 Å². The maximum Gasteiger partial charge on any atom is 0.271 e. The third-order valence-corrected chi connectivity index (χ3v) is 3.68. The van der Waals surface area contributed by atoms with Crippen molar-refractivity contribution >= 4 is 34.6 Å². The Hall–Kier alpha value is -2.60. The lowest BCUT2D eigenvalue weighted by Gasteiger charge is -2.16. The maximum atomic E-state index is 12.2. The van der Waals surface area contributed by atoms with Gasteiger partial charge in [-0.1, -0.05) is 23.7 Å². The lowest BCUT2D eigenvalue weighted by Crippen LogP contribution is -2.31. The molecule has 0 fully saturated rings. The molecule has 0 aliphatic rings. The molecule has 0 spiro atoms. The largest absolute Gasteiger partial charge is 0.374 e. The monoisotopic (exact) mass is 333 g/mol. The molecule has 2 aromatic carbocycles. The highest BCUT2D eigenvalue weighted by molar-refractivity contribution is 6.31. The molecule has 0 aliphatic carbocycles. The number of carbonyl (C=O) groups is 1. The highest BCUT2D eigenvalue weighted by Gasteiger charge is 2.14. The van der Waals surface area contributed by atoms with Crippen molar-refractivity contribution in [2.45, 2.75) is 19.9 Å². The van der Waals surface area contributed by atoms with Crippen LogP contribution in [0.5, 0.6) is 0 Å². The number of aryl methyl sites for hydroxylation is 1. The highest BCUT2D eigenvalue weighted by Crippen LogP contribution is 2.21. The second kappa shape index (κ2) is 7.11. The summed E-state index contributed by atoms with van der Waals surface area (Å²) in [7, 11) is 0. The molecule has 6 nitrogen and oxygen atoms in total. The first-order valence-corrected chi connectivity index (χ1v) is 7.32. The van der Waals surface area contributed by atoms with E-state index in [0.29, 0.717) is 10.7 Å². The molecule has 0 heterocycles. The number of hydrogen-bond donors (Lipinski definition) is 2. The second-order valence-electron chi connectivity index (χ2n) is 5.13. The average Bonchev–Trinajstić information content (AvgIpc) is 2.51. The van der Waals surface area contributed by atoms with E-state index in [1.54, 1.807) is 19.1 Å². The van der Waals surface area contributed by atoms with Crippen LogP contribution in [0.4, 0.5) is 17.1 Å².